The zero-order valence-corrected chi connectivity index (χ0v) is 8.33. The fraction of sp³-hybridized carbons (Fsp3) is 0.800. The van der Waals surface area contributed by atoms with Crippen LogP contribution in [-0.4, -0.2) is 35.6 Å². The molecule has 0 aliphatic heterocycles. The van der Waals surface area contributed by atoms with Crippen molar-refractivity contribution in [3.63, 3.8) is 0 Å². The third-order valence-electron chi connectivity index (χ3n) is 2.12. The third-order valence-corrected chi connectivity index (χ3v) is 2.12. The predicted octanol–water partition coefficient (Wildman–Crippen LogP) is 1.10. The van der Waals surface area contributed by atoms with Crippen LogP contribution in [0.5, 0.6) is 0 Å². The lowest BCUT2D eigenvalue weighted by atomic mass is 9.96. The van der Waals surface area contributed by atoms with E-state index >= 15 is 0 Å². The fourth-order valence-electron chi connectivity index (χ4n) is 1.04. The summed E-state index contributed by atoms with van der Waals surface area (Å²) in [5.74, 6) is 0. The molecule has 0 fully saturated rings. The van der Waals surface area contributed by atoms with Crippen molar-refractivity contribution in [3.8, 4) is 0 Å². The zero-order chi connectivity index (χ0) is 10.2. The summed E-state index contributed by atoms with van der Waals surface area (Å²) in [5, 5.41) is 18.5. The lowest BCUT2D eigenvalue weighted by Crippen LogP contribution is -2.32. The highest BCUT2D eigenvalue weighted by atomic mass is 16.5. The molecule has 0 saturated carbocycles. The van der Waals surface area contributed by atoms with E-state index in [0.29, 0.717) is 26.1 Å². The van der Waals surface area contributed by atoms with Gasteiger partial charge in [0.2, 0.25) is 0 Å². The Hall–Kier alpha value is -0.380. The molecule has 0 saturated heterocycles. The standard InChI is InChI=1S/C10H20O3/c1-3-7-13-8-5-6-10(12,4-2)9-11/h3,11-12H,1,4-9H2,2H3. The van der Waals surface area contributed by atoms with E-state index in [4.69, 9.17) is 9.84 Å². The summed E-state index contributed by atoms with van der Waals surface area (Å²) in [7, 11) is 0. The Morgan fingerprint density at radius 3 is 2.69 bits per heavy atom. The SMILES string of the molecule is C=CCOCCCC(O)(CC)CO. The van der Waals surface area contributed by atoms with Gasteiger partial charge in [-0.25, -0.2) is 0 Å². The summed E-state index contributed by atoms with van der Waals surface area (Å²) in [5.41, 5.74) is -0.919. The highest BCUT2D eigenvalue weighted by Gasteiger charge is 2.22. The molecule has 1 unspecified atom stereocenters. The van der Waals surface area contributed by atoms with Crippen LogP contribution in [0.15, 0.2) is 12.7 Å². The maximum atomic E-state index is 9.66. The first-order valence-corrected chi connectivity index (χ1v) is 4.70. The third kappa shape index (κ3) is 5.80. The fourth-order valence-corrected chi connectivity index (χ4v) is 1.04. The topological polar surface area (TPSA) is 49.7 Å². The average molecular weight is 188 g/mol. The van der Waals surface area contributed by atoms with Gasteiger partial charge in [-0.2, -0.15) is 0 Å². The van der Waals surface area contributed by atoms with Crippen LogP contribution in [0, 0.1) is 0 Å². The van der Waals surface area contributed by atoms with Gasteiger partial charge >= 0.3 is 0 Å². The summed E-state index contributed by atoms with van der Waals surface area (Å²) in [6.45, 7) is 6.36. The lowest BCUT2D eigenvalue weighted by Gasteiger charge is -2.23. The molecule has 0 heterocycles. The minimum absolute atomic E-state index is 0.176. The van der Waals surface area contributed by atoms with Crippen molar-refractivity contribution in [1.29, 1.82) is 0 Å². The summed E-state index contributed by atoms with van der Waals surface area (Å²) < 4.78 is 5.16. The van der Waals surface area contributed by atoms with Crippen molar-refractivity contribution < 1.29 is 14.9 Å². The van der Waals surface area contributed by atoms with Gasteiger partial charge < -0.3 is 14.9 Å². The molecule has 0 aromatic rings. The van der Waals surface area contributed by atoms with E-state index in [9.17, 15) is 5.11 Å². The van der Waals surface area contributed by atoms with Crippen molar-refractivity contribution in [1.82, 2.24) is 0 Å². The van der Waals surface area contributed by atoms with Crippen LogP contribution in [0.4, 0.5) is 0 Å². The maximum absolute atomic E-state index is 9.66. The molecule has 0 aromatic heterocycles. The maximum Gasteiger partial charge on any atom is 0.0875 e. The largest absolute Gasteiger partial charge is 0.393 e. The van der Waals surface area contributed by atoms with Crippen molar-refractivity contribution in [2.75, 3.05) is 19.8 Å². The first-order chi connectivity index (χ1) is 6.18. The Morgan fingerprint density at radius 2 is 2.23 bits per heavy atom. The van der Waals surface area contributed by atoms with Crippen LogP contribution in [0.2, 0.25) is 0 Å². The number of rotatable bonds is 8. The Balaban J connectivity index is 3.44. The number of aliphatic hydroxyl groups excluding tert-OH is 1. The molecular formula is C10H20O3. The van der Waals surface area contributed by atoms with Crippen LogP contribution in [0.25, 0.3) is 0 Å². The van der Waals surface area contributed by atoms with Crippen LogP contribution in [0.1, 0.15) is 26.2 Å². The highest BCUT2D eigenvalue weighted by molar-refractivity contribution is 4.75. The minimum Gasteiger partial charge on any atom is -0.393 e. The summed E-state index contributed by atoms with van der Waals surface area (Å²) >= 11 is 0. The smallest absolute Gasteiger partial charge is 0.0875 e. The minimum atomic E-state index is -0.919. The molecule has 0 radical (unpaired) electrons. The zero-order valence-electron chi connectivity index (χ0n) is 8.33. The van der Waals surface area contributed by atoms with Crippen molar-refractivity contribution >= 4 is 0 Å². The van der Waals surface area contributed by atoms with Gasteiger partial charge in [0.05, 0.1) is 18.8 Å². The van der Waals surface area contributed by atoms with Gasteiger partial charge in [0.25, 0.3) is 0 Å². The van der Waals surface area contributed by atoms with Crippen LogP contribution in [-0.2, 0) is 4.74 Å². The molecule has 0 aliphatic rings. The van der Waals surface area contributed by atoms with Gasteiger partial charge in [0.15, 0.2) is 0 Å². The molecule has 0 bridgehead atoms. The summed E-state index contributed by atoms with van der Waals surface area (Å²) in [4.78, 5) is 0. The Kier molecular flexibility index (Phi) is 6.86. The van der Waals surface area contributed by atoms with Crippen LogP contribution in [0.3, 0.4) is 0 Å². The quantitative estimate of drug-likeness (QED) is 0.443. The van der Waals surface area contributed by atoms with E-state index in [0.717, 1.165) is 6.42 Å². The molecule has 0 amide bonds. The molecule has 13 heavy (non-hydrogen) atoms. The molecule has 2 N–H and O–H groups in total. The molecule has 0 aromatic carbocycles. The molecule has 3 heteroatoms. The van der Waals surface area contributed by atoms with E-state index in [2.05, 4.69) is 6.58 Å². The van der Waals surface area contributed by atoms with Gasteiger partial charge in [-0.3, -0.25) is 0 Å². The Bertz CT molecular complexity index is 130. The molecule has 0 rings (SSSR count). The van der Waals surface area contributed by atoms with Crippen LogP contribution >= 0.6 is 0 Å². The van der Waals surface area contributed by atoms with E-state index in [1.165, 1.54) is 0 Å². The number of aliphatic hydroxyl groups is 2. The highest BCUT2D eigenvalue weighted by Crippen LogP contribution is 2.15. The van der Waals surface area contributed by atoms with E-state index < -0.39 is 5.60 Å². The van der Waals surface area contributed by atoms with Crippen molar-refractivity contribution in [2.24, 2.45) is 0 Å². The van der Waals surface area contributed by atoms with Crippen molar-refractivity contribution in [2.45, 2.75) is 31.8 Å². The lowest BCUT2D eigenvalue weighted by molar-refractivity contribution is -0.0300. The molecular weight excluding hydrogens is 168 g/mol. The second kappa shape index (κ2) is 7.06. The monoisotopic (exact) mass is 188 g/mol. The van der Waals surface area contributed by atoms with Gasteiger partial charge in [0.1, 0.15) is 0 Å². The Labute approximate surface area is 80.0 Å². The van der Waals surface area contributed by atoms with Gasteiger partial charge in [-0.05, 0) is 19.3 Å². The average Bonchev–Trinajstić information content (AvgIpc) is 2.17. The number of hydrogen-bond donors (Lipinski definition) is 2. The first kappa shape index (κ1) is 12.6. The van der Waals surface area contributed by atoms with E-state index in [1.54, 1.807) is 6.08 Å². The predicted molar refractivity (Wildman–Crippen MR) is 52.6 cm³/mol. The molecule has 1 atom stereocenters. The second-order valence-corrected chi connectivity index (χ2v) is 3.20. The normalized spacial score (nSPS) is 15.3. The summed E-state index contributed by atoms with van der Waals surface area (Å²) in [6, 6.07) is 0. The molecule has 78 valence electrons. The Morgan fingerprint density at radius 1 is 1.54 bits per heavy atom. The number of hydrogen-bond acceptors (Lipinski definition) is 3. The van der Waals surface area contributed by atoms with Crippen LogP contribution < -0.4 is 0 Å². The van der Waals surface area contributed by atoms with Gasteiger partial charge in [-0.1, -0.05) is 13.0 Å². The van der Waals surface area contributed by atoms with Gasteiger partial charge in [-0.15, -0.1) is 6.58 Å². The molecule has 0 aliphatic carbocycles. The van der Waals surface area contributed by atoms with E-state index in [-0.39, 0.29) is 6.61 Å². The van der Waals surface area contributed by atoms with Gasteiger partial charge in [0, 0.05) is 6.61 Å². The second-order valence-electron chi connectivity index (χ2n) is 3.20. The molecule has 0 spiro atoms. The summed E-state index contributed by atoms with van der Waals surface area (Å²) in [6.07, 6.45) is 3.61. The van der Waals surface area contributed by atoms with Crippen molar-refractivity contribution in [3.05, 3.63) is 12.7 Å². The number of ether oxygens (including phenoxy) is 1. The van der Waals surface area contributed by atoms with E-state index in [1.807, 2.05) is 6.92 Å². The first-order valence-electron chi connectivity index (χ1n) is 4.70. The molecule has 3 nitrogen and oxygen atoms in total.